The van der Waals surface area contributed by atoms with Crippen LogP contribution in [-0.2, 0) is 27.1 Å². The standard InChI is InChI=1S/C10H13ClO.C9H13.2ClH.Ti/c1-10(2,3)7-4-8(11)6-9(12)5-7;1-9(2,3)8-6-4-5-7-8;;;/h4-6,12H,1-3H3;4,6H,5H2,1-3H3;2*1H;/q;-1;;;. The molecule has 136 valence electrons. The Labute approximate surface area is 179 Å². The molecule has 1 N–H and O–H groups in total. The van der Waals surface area contributed by atoms with Gasteiger partial charge in [0.15, 0.2) is 0 Å². The van der Waals surface area contributed by atoms with Crippen LogP contribution < -0.4 is 0 Å². The van der Waals surface area contributed by atoms with Gasteiger partial charge in [0.2, 0.25) is 0 Å². The zero-order chi connectivity index (χ0) is 16.3. The number of phenolic OH excluding ortho intramolecular Hbond substituents is 1. The number of allylic oxidation sites excluding steroid dienone is 4. The molecule has 0 heterocycles. The molecule has 0 atom stereocenters. The van der Waals surface area contributed by atoms with Crippen LogP contribution in [0.25, 0.3) is 0 Å². The molecule has 1 aliphatic carbocycles. The average molecular weight is 427 g/mol. The van der Waals surface area contributed by atoms with E-state index >= 15 is 0 Å². The number of phenols is 1. The van der Waals surface area contributed by atoms with Crippen molar-refractivity contribution in [1.29, 1.82) is 0 Å². The first-order valence-corrected chi connectivity index (χ1v) is 7.66. The van der Waals surface area contributed by atoms with E-state index in [0.29, 0.717) is 10.4 Å². The van der Waals surface area contributed by atoms with E-state index in [1.54, 1.807) is 6.07 Å². The Morgan fingerprint density at radius 3 is 1.79 bits per heavy atom. The molecular formula is C19H28Cl3OTi-. The molecule has 24 heavy (non-hydrogen) atoms. The molecule has 2 rings (SSSR count). The Morgan fingerprint density at radius 2 is 1.50 bits per heavy atom. The van der Waals surface area contributed by atoms with Crippen molar-refractivity contribution in [3.8, 4) is 5.75 Å². The van der Waals surface area contributed by atoms with Gasteiger partial charge in [-0.05, 0) is 34.6 Å². The topological polar surface area (TPSA) is 20.2 Å². The van der Waals surface area contributed by atoms with Crippen molar-refractivity contribution in [3.05, 3.63) is 52.6 Å². The summed E-state index contributed by atoms with van der Waals surface area (Å²) in [5.41, 5.74) is 2.73. The van der Waals surface area contributed by atoms with Gasteiger partial charge in [-0.3, -0.25) is 6.08 Å². The first kappa shape index (κ1) is 28.9. The maximum Gasteiger partial charge on any atom is 0.117 e. The van der Waals surface area contributed by atoms with Crippen molar-refractivity contribution in [2.45, 2.75) is 53.4 Å². The fourth-order valence-corrected chi connectivity index (χ4v) is 2.16. The third-order valence-electron chi connectivity index (χ3n) is 3.25. The molecule has 0 amide bonds. The predicted molar refractivity (Wildman–Crippen MR) is 106 cm³/mol. The van der Waals surface area contributed by atoms with Crippen LogP contribution in [-0.4, -0.2) is 5.11 Å². The van der Waals surface area contributed by atoms with Gasteiger partial charge >= 0.3 is 0 Å². The second kappa shape index (κ2) is 11.7. The molecule has 0 spiro atoms. The van der Waals surface area contributed by atoms with Crippen molar-refractivity contribution in [2.24, 2.45) is 5.41 Å². The van der Waals surface area contributed by atoms with E-state index in [9.17, 15) is 5.11 Å². The van der Waals surface area contributed by atoms with Gasteiger partial charge in [-0.2, -0.15) is 6.08 Å². The Bertz CT molecular complexity index is 532. The summed E-state index contributed by atoms with van der Waals surface area (Å²) in [6.07, 6.45) is 8.63. The zero-order valence-corrected chi connectivity index (χ0v) is 19.2. The summed E-state index contributed by atoms with van der Waals surface area (Å²) in [5.74, 6) is 0.229. The van der Waals surface area contributed by atoms with Gasteiger partial charge in [-0.15, -0.1) is 31.2 Å². The molecule has 0 saturated heterocycles. The van der Waals surface area contributed by atoms with Gasteiger partial charge < -0.3 is 5.11 Å². The van der Waals surface area contributed by atoms with Crippen LogP contribution in [0.3, 0.4) is 0 Å². The number of benzene rings is 1. The summed E-state index contributed by atoms with van der Waals surface area (Å²) in [5, 5.41) is 9.86. The molecule has 0 unspecified atom stereocenters. The normalized spacial score (nSPS) is 12.7. The molecular weight excluding hydrogens is 398 g/mol. The van der Waals surface area contributed by atoms with E-state index in [1.165, 1.54) is 11.6 Å². The maximum absolute atomic E-state index is 9.27. The van der Waals surface area contributed by atoms with Crippen LogP contribution >= 0.6 is 36.4 Å². The fourth-order valence-electron chi connectivity index (χ4n) is 1.93. The van der Waals surface area contributed by atoms with Crippen LogP contribution in [0.1, 0.15) is 53.5 Å². The maximum atomic E-state index is 9.27. The Kier molecular flexibility index (Phi) is 14.0. The summed E-state index contributed by atoms with van der Waals surface area (Å²) in [4.78, 5) is 0. The first-order chi connectivity index (χ1) is 9.50. The molecule has 0 aromatic heterocycles. The number of halogens is 3. The molecule has 1 aromatic carbocycles. The monoisotopic (exact) mass is 425 g/mol. The van der Waals surface area contributed by atoms with Crippen molar-refractivity contribution < 1.29 is 26.8 Å². The van der Waals surface area contributed by atoms with Crippen LogP contribution in [0, 0.1) is 11.5 Å². The van der Waals surface area contributed by atoms with Crippen LogP contribution in [0.2, 0.25) is 5.02 Å². The van der Waals surface area contributed by atoms with Gasteiger partial charge in [0.25, 0.3) is 0 Å². The van der Waals surface area contributed by atoms with Crippen LogP contribution in [0.4, 0.5) is 0 Å². The smallest absolute Gasteiger partial charge is 0.117 e. The summed E-state index contributed by atoms with van der Waals surface area (Å²) in [6, 6.07) is 5.16. The second-order valence-corrected chi connectivity index (χ2v) is 7.83. The third kappa shape index (κ3) is 10.2. The molecule has 0 fully saturated rings. The minimum Gasteiger partial charge on any atom is -0.508 e. The Hall–Kier alpha value is 0.0843. The zero-order valence-electron chi connectivity index (χ0n) is 15.2. The van der Waals surface area contributed by atoms with Gasteiger partial charge in [-0.25, -0.2) is 11.6 Å². The van der Waals surface area contributed by atoms with Gasteiger partial charge in [0.05, 0.1) is 0 Å². The SMILES string of the molecule is CC(C)(C)C1=[C-]CC=C1.CC(C)(C)c1cc(O)cc(Cl)c1.Cl.Cl.[Ti]. The summed E-state index contributed by atoms with van der Waals surface area (Å²) < 4.78 is 0. The van der Waals surface area contributed by atoms with Crippen molar-refractivity contribution in [1.82, 2.24) is 0 Å². The summed E-state index contributed by atoms with van der Waals surface area (Å²) in [7, 11) is 0. The molecule has 1 aromatic rings. The van der Waals surface area contributed by atoms with Crippen LogP contribution in [0.5, 0.6) is 5.75 Å². The molecule has 0 bridgehead atoms. The minimum atomic E-state index is 0. The van der Waals surface area contributed by atoms with E-state index in [2.05, 4.69) is 59.8 Å². The number of rotatable bonds is 0. The van der Waals surface area contributed by atoms with Crippen molar-refractivity contribution in [3.63, 3.8) is 0 Å². The van der Waals surface area contributed by atoms with Gasteiger partial charge in [0.1, 0.15) is 5.75 Å². The number of aromatic hydroxyl groups is 1. The molecule has 0 radical (unpaired) electrons. The Morgan fingerprint density at radius 1 is 0.958 bits per heavy atom. The Balaban J connectivity index is -0.000000336. The predicted octanol–water partition coefficient (Wildman–Crippen LogP) is 6.91. The number of hydrogen-bond donors (Lipinski definition) is 1. The third-order valence-corrected chi connectivity index (χ3v) is 3.47. The van der Waals surface area contributed by atoms with Crippen LogP contribution in [0.15, 0.2) is 35.9 Å². The fraction of sp³-hybridized carbons (Fsp3) is 0.474. The van der Waals surface area contributed by atoms with E-state index in [4.69, 9.17) is 11.6 Å². The van der Waals surface area contributed by atoms with E-state index in [-0.39, 0.29) is 57.7 Å². The second-order valence-electron chi connectivity index (χ2n) is 7.40. The number of hydrogen-bond acceptors (Lipinski definition) is 1. The summed E-state index contributed by atoms with van der Waals surface area (Å²) in [6.45, 7) is 12.9. The summed E-state index contributed by atoms with van der Waals surface area (Å²) >= 11 is 5.80. The quantitative estimate of drug-likeness (QED) is 0.353. The minimum absolute atomic E-state index is 0. The van der Waals surface area contributed by atoms with E-state index in [1.807, 2.05) is 6.07 Å². The van der Waals surface area contributed by atoms with Gasteiger partial charge in [-0.1, -0.05) is 53.1 Å². The molecule has 0 saturated carbocycles. The average Bonchev–Trinajstić information content (AvgIpc) is 2.79. The van der Waals surface area contributed by atoms with Crippen molar-refractivity contribution >= 4 is 36.4 Å². The first-order valence-electron chi connectivity index (χ1n) is 7.28. The molecule has 1 aliphatic rings. The molecule has 0 aliphatic heterocycles. The van der Waals surface area contributed by atoms with E-state index < -0.39 is 0 Å². The molecule has 1 nitrogen and oxygen atoms in total. The largest absolute Gasteiger partial charge is 0.508 e. The van der Waals surface area contributed by atoms with Crippen molar-refractivity contribution in [2.75, 3.05) is 0 Å². The van der Waals surface area contributed by atoms with E-state index in [0.717, 1.165) is 12.0 Å². The van der Waals surface area contributed by atoms with Gasteiger partial charge in [0, 0.05) is 26.7 Å². The molecule has 5 heteroatoms.